The number of hydrogen-bond acceptors (Lipinski definition) is 4. The third-order valence-corrected chi connectivity index (χ3v) is 8.86. The molecule has 0 radical (unpaired) electrons. The van der Waals surface area contributed by atoms with Crippen molar-refractivity contribution < 1.29 is 14.7 Å². The molecule has 2 aliphatic rings. The Morgan fingerprint density at radius 1 is 1.14 bits per heavy atom. The molecule has 2 fully saturated rings. The van der Waals surface area contributed by atoms with Crippen LogP contribution in [0.3, 0.4) is 0 Å². The predicted molar refractivity (Wildman–Crippen MR) is 139 cm³/mol. The summed E-state index contributed by atoms with van der Waals surface area (Å²) in [4.78, 5) is 31.2. The summed E-state index contributed by atoms with van der Waals surface area (Å²) in [5.41, 5.74) is 2.34. The molecular formula is C28H35N3O3S. The van der Waals surface area contributed by atoms with Gasteiger partial charge in [0, 0.05) is 22.9 Å². The number of benzene rings is 1. The van der Waals surface area contributed by atoms with Gasteiger partial charge in [0.25, 0.3) is 5.91 Å². The number of hydrogen-bond donors (Lipinski definition) is 2. The van der Waals surface area contributed by atoms with Crippen molar-refractivity contribution >= 4 is 34.2 Å². The number of carboxylic acids is 1. The second-order valence-electron chi connectivity index (χ2n) is 10.4. The van der Waals surface area contributed by atoms with Crippen LogP contribution in [0.1, 0.15) is 91.8 Å². The summed E-state index contributed by atoms with van der Waals surface area (Å²) in [6.07, 6.45) is 10.6. The first-order chi connectivity index (χ1) is 17.0. The van der Waals surface area contributed by atoms with E-state index in [0.29, 0.717) is 29.9 Å². The zero-order chi connectivity index (χ0) is 24.4. The molecule has 6 nitrogen and oxygen atoms in total. The highest BCUT2D eigenvalue weighted by molar-refractivity contribution is 7.09. The van der Waals surface area contributed by atoms with Crippen LogP contribution in [0.4, 0.5) is 0 Å². The van der Waals surface area contributed by atoms with E-state index in [1.165, 1.54) is 24.1 Å². The van der Waals surface area contributed by atoms with Gasteiger partial charge in [-0.3, -0.25) is 4.79 Å². The molecule has 0 bridgehead atoms. The standard InChI is InChI=1S/C28H35N3O3S/c1-18-7-2-5-11-24(18)31-25-13-12-20(16-22(25)29-26(31)17-21-10-6-14-35-21)27(32)30-23(28(33)34)15-19-8-3-4-9-19/h6,10,12-14,16,18-19,23-24H,2-5,7-9,11,15,17H2,1H3,(H,30,32)(H,33,34)/t18-,23?,24-/m1/s1. The molecule has 186 valence electrons. The molecular weight excluding hydrogens is 458 g/mol. The highest BCUT2D eigenvalue weighted by Gasteiger charge is 2.29. The largest absolute Gasteiger partial charge is 0.480 e. The van der Waals surface area contributed by atoms with Crippen molar-refractivity contribution in [2.45, 2.75) is 83.2 Å². The Kier molecular flexibility index (Phi) is 7.23. The lowest BCUT2D eigenvalue weighted by Crippen LogP contribution is -2.41. The maximum atomic E-state index is 13.1. The summed E-state index contributed by atoms with van der Waals surface area (Å²) in [6.45, 7) is 2.34. The Hall–Kier alpha value is -2.67. The molecule has 1 unspecified atom stereocenters. The third kappa shape index (κ3) is 5.30. The quantitative estimate of drug-likeness (QED) is 0.391. The van der Waals surface area contributed by atoms with E-state index in [0.717, 1.165) is 55.4 Å². The molecule has 1 amide bonds. The molecule has 5 rings (SSSR count). The zero-order valence-corrected chi connectivity index (χ0v) is 21.2. The highest BCUT2D eigenvalue weighted by Crippen LogP contribution is 2.37. The van der Waals surface area contributed by atoms with Gasteiger partial charge in [-0.15, -0.1) is 11.3 Å². The van der Waals surface area contributed by atoms with E-state index >= 15 is 0 Å². The molecule has 0 spiro atoms. The fraction of sp³-hybridized carbons (Fsp3) is 0.536. The van der Waals surface area contributed by atoms with Crippen LogP contribution in [-0.2, 0) is 11.2 Å². The maximum absolute atomic E-state index is 13.1. The number of amides is 1. The third-order valence-electron chi connectivity index (χ3n) is 7.98. The minimum Gasteiger partial charge on any atom is -0.480 e. The van der Waals surface area contributed by atoms with Gasteiger partial charge in [0.05, 0.1) is 11.0 Å². The Morgan fingerprint density at radius 3 is 2.63 bits per heavy atom. The van der Waals surface area contributed by atoms with Crippen LogP contribution in [0.25, 0.3) is 11.0 Å². The molecule has 7 heteroatoms. The highest BCUT2D eigenvalue weighted by atomic mass is 32.1. The van der Waals surface area contributed by atoms with Crippen molar-refractivity contribution in [3.05, 3.63) is 52.0 Å². The number of rotatable bonds is 8. The SMILES string of the molecule is C[C@@H]1CCCC[C@H]1n1c(Cc2cccs2)nc2cc(C(=O)NC(CC3CCCC3)C(=O)O)ccc21. The number of carbonyl (C=O) groups is 2. The summed E-state index contributed by atoms with van der Waals surface area (Å²) in [5, 5.41) is 14.6. The van der Waals surface area contributed by atoms with Crippen LogP contribution in [0, 0.1) is 11.8 Å². The fourth-order valence-corrected chi connectivity index (χ4v) is 6.78. The van der Waals surface area contributed by atoms with E-state index in [1.54, 1.807) is 11.3 Å². The molecule has 0 aliphatic heterocycles. The lowest BCUT2D eigenvalue weighted by molar-refractivity contribution is -0.139. The number of fused-ring (bicyclic) bond motifs is 1. The average Bonchev–Trinajstić information content (AvgIpc) is 3.60. The predicted octanol–water partition coefficient (Wildman–Crippen LogP) is 6.20. The number of aliphatic carboxylic acids is 1. The van der Waals surface area contributed by atoms with Crippen molar-refractivity contribution in [1.82, 2.24) is 14.9 Å². The van der Waals surface area contributed by atoms with Crippen molar-refractivity contribution in [2.24, 2.45) is 11.8 Å². The summed E-state index contributed by atoms with van der Waals surface area (Å²) < 4.78 is 2.42. The fourth-order valence-electron chi connectivity index (χ4n) is 6.08. The molecule has 2 N–H and O–H groups in total. The molecule has 2 heterocycles. The number of carboxylic acid groups (broad SMARTS) is 1. The van der Waals surface area contributed by atoms with Crippen LogP contribution in [0.15, 0.2) is 35.7 Å². The minimum absolute atomic E-state index is 0.335. The molecule has 35 heavy (non-hydrogen) atoms. The van der Waals surface area contributed by atoms with E-state index in [-0.39, 0.29) is 5.91 Å². The molecule has 1 aromatic carbocycles. The van der Waals surface area contributed by atoms with Gasteiger partial charge in [-0.2, -0.15) is 0 Å². The topological polar surface area (TPSA) is 84.2 Å². The Bertz CT molecular complexity index is 1180. The van der Waals surface area contributed by atoms with Crippen molar-refractivity contribution in [1.29, 1.82) is 0 Å². The molecule has 2 aliphatic carbocycles. The van der Waals surface area contributed by atoms with E-state index < -0.39 is 12.0 Å². The second-order valence-corrected chi connectivity index (χ2v) is 11.5. The normalized spacial score (nSPS) is 21.9. The Balaban J connectivity index is 1.43. The van der Waals surface area contributed by atoms with Crippen molar-refractivity contribution in [2.75, 3.05) is 0 Å². The Morgan fingerprint density at radius 2 is 1.91 bits per heavy atom. The van der Waals surface area contributed by atoms with Crippen LogP contribution >= 0.6 is 11.3 Å². The van der Waals surface area contributed by atoms with Crippen LogP contribution < -0.4 is 5.32 Å². The lowest BCUT2D eigenvalue weighted by atomic mass is 9.85. The molecule has 2 saturated carbocycles. The number of nitrogens with one attached hydrogen (secondary N) is 1. The first-order valence-corrected chi connectivity index (χ1v) is 13.9. The summed E-state index contributed by atoms with van der Waals surface area (Å²) in [6, 6.07) is 9.44. The number of nitrogens with zero attached hydrogens (tertiary/aromatic N) is 2. The van der Waals surface area contributed by atoms with Gasteiger partial charge in [-0.1, -0.05) is 51.5 Å². The van der Waals surface area contributed by atoms with E-state index in [1.807, 2.05) is 18.2 Å². The Labute approximate surface area is 210 Å². The second kappa shape index (κ2) is 10.5. The molecule has 3 atom stereocenters. The minimum atomic E-state index is -0.958. The monoisotopic (exact) mass is 493 g/mol. The smallest absolute Gasteiger partial charge is 0.326 e. The van der Waals surface area contributed by atoms with Crippen molar-refractivity contribution in [3.8, 4) is 0 Å². The van der Waals surface area contributed by atoms with Gasteiger partial charge in [0.15, 0.2) is 0 Å². The molecule has 3 aromatic rings. The van der Waals surface area contributed by atoms with Gasteiger partial charge < -0.3 is 15.0 Å². The number of aromatic nitrogens is 2. The average molecular weight is 494 g/mol. The van der Waals surface area contributed by atoms with Crippen LogP contribution in [0.2, 0.25) is 0 Å². The number of thiophene rings is 1. The van der Waals surface area contributed by atoms with Gasteiger partial charge in [0.1, 0.15) is 11.9 Å². The van der Waals surface area contributed by atoms with Gasteiger partial charge in [-0.05, 0) is 60.7 Å². The number of imidazole rings is 1. The van der Waals surface area contributed by atoms with Gasteiger partial charge in [0.2, 0.25) is 0 Å². The molecule has 2 aromatic heterocycles. The van der Waals surface area contributed by atoms with E-state index in [2.05, 4.69) is 34.3 Å². The summed E-state index contributed by atoms with van der Waals surface area (Å²) in [7, 11) is 0. The molecule has 0 saturated heterocycles. The van der Waals surface area contributed by atoms with Crippen LogP contribution in [0.5, 0.6) is 0 Å². The first kappa shape index (κ1) is 24.0. The zero-order valence-electron chi connectivity index (χ0n) is 20.4. The van der Waals surface area contributed by atoms with Gasteiger partial charge >= 0.3 is 5.97 Å². The number of carbonyl (C=O) groups excluding carboxylic acids is 1. The van der Waals surface area contributed by atoms with E-state index in [9.17, 15) is 14.7 Å². The van der Waals surface area contributed by atoms with Crippen molar-refractivity contribution in [3.63, 3.8) is 0 Å². The summed E-state index contributed by atoms with van der Waals surface area (Å²) >= 11 is 1.74. The van der Waals surface area contributed by atoms with Crippen LogP contribution in [-0.4, -0.2) is 32.6 Å². The lowest BCUT2D eigenvalue weighted by Gasteiger charge is -2.31. The maximum Gasteiger partial charge on any atom is 0.326 e. The van der Waals surface area contributed by atoms with Gasteiger partial charge in [-0.25, -0.2) is 9.78 Å². The first-order valence-electron chi connectivity index (χ1n) is 13.1. The summed E-state index contributed by atoms with van der Waals surface area (Å²) in [5.74, 6) is 0.714. The van der Waals surface area contributed by atoms with E-state index in [4.69, 9.17) is 4.98 Å².